The fraction of sp³-hybridized carbons (Fsp3) is 0.189. The van der Waals surface area contributed by atoms with Crippen LogP contribution in [0.25, 0.3) is 0 Å². The third-order valence-electron chi connectivity index (χ3n) is 8.56. The lowest BCUT2D eigenvalue weighted by molar-refractivity contribution is 0.0728. The minimum atomic E-state index is -1.38. The Morgan fingerprint density at radius 1 is 0.683 bits per heavy atom. The first-order valence-corrected chi connectivity index (χ1v) is 15.6. The second-order valence-corrected chi connectivity index (χ2v) is 13.3. The summed E-state index contributed by atoms with van der Waals surface area (Å²) in [6.45, 7) is 4.26. The number of fused-ring (bicyclic) bond motifs is 4. The number of aliphatic hydroxyl groups is 2. The first kappa shape index (κ1) is 26.4. The van der Waals surface area contributed by atoms with Crippen molar-refractivity contribution in [1.82, 2.24) is 0 Å². The van der Waals surface area contributed by atoms with Crippen LogP contribution in [0.3, 0.4) is 0 Å². The van der Waals surface area contributed by atoms with Crippen molar-refractivity contribution in [1.29, 1.82) is 0 Å². The molecule has 41 heavy (non-hydrogen) atoms. The van der Waals surface area contributed by atoms with E-state index in [4.69, 9.17) is 0 Å². The minimum absolute atomic E-state index is 0.0568. The van der Waals surface area contributed by atoms with E-state index in [1.165, 1.54) is 16.7 Å². The van der Waals surface area contributed by atoms with Crippen LogP contribution in [-0.4, -0.2) is 10.2 Å². The van der Waals surface area contributed by atoms with Crippen molar-refractivity contribution in [3.05, 3.63) is 142 Å². The van der Waals surface area contributed by atoms with Gasteiger partial charge in [0.15, 0.2) is 5.60 Å². The fourth-order valence-corrected chi connectivity index (χ4v) is 8.75. The van der Waals surface area contributed by atoms with Crippen molar-refractivity contribution in [3.8, 4) is 11.8 Å². The van der Waals surface area contributed by atoms with Crippen LogP contribution in [0, 0.1) is 17.8 Å². The summed E-state index contributed by atoms with van der Waals surface area (Å²) < 4.78 is 0. The first-order valence-electron chi connectivity index (χ1n) is 13.9. The monoisotopic (exact) mass is 570 g/mol. The van der Waals surface area contributed by atoms with E-state index in [2.05, 4.69) is 68.2 Å². The Morgan fingerprint density at radius 2 is 1.12 bits per heavy atom. The Labute approximate surface area is 250 Å². The van der Waals surface area contributed by atoms with Crippen molar-refractivity contribution in [2.75, 3.05) is 0 Å². The molecular formula is C37H30O2S2. The lowest BCUT2D eigenvalue weighted by atomic mass is 9.75. The lowest BCUT2D eigenvalue weighted by Gasteiger charge is -2.38. The summed E-state index contributed by atoms with van der Waals surface area (Å²) in [5.74, 6) is 6.80. The maximum absolute atomic E-state index is 12.4. The van der Waals surface area contributed by atoms with Gasteiger partial charge in [-0.05, 0) is 44.5 Å². The van der Waals surface area contributed by atoms with Gasteiger partial charge in [-0.1, -0.05) is 131 Å². The topological polar surface area (TPSA) is 40.5 Å². The third kappa shape index (κ3) is 4.40. The van der Waals surface area contributed by atoms with E-state index in [9.17, 15) is 10.2 Å². The average molecular weight is 571 g/mol. The zero-order valence-corrected chi connectivity index (χ0v) is 24.7. The molecule has 0 bridgehead atoms. The van der Waals surface area contributed by atoms with E-state index in [0.29, 0.717) is 6.42 Å². The maximum Gasteiger partial charge on any atom is 0.179 e. The van der Waals surface area contributed by atoms with Gasteiger partial charge < -0.3 is 10.2 Å². The fourth-order valence-electron chi connectivity index (χ4n) is 6.35. The van der Waals surface area contributed by atoms with E-state index in [1.807, 2.05) is 60.7 Å². The van der Waals surface area contributed by atoms with Crippen LogP contribution in [0.1, 0.15) is 48.9 Å². The first-order chi connectivity index (χ1) is 19.9. The van der Waals surface area contributed by atoms with Crippen molar-refractivity contribution in [2.24, 2.45) is 5.92 Å². The van der Waals surface area contributed by atoms with Crippen LogP contribution in [0.5, 0.6) is 0 Å². The molecule has 2 aliphatic heterocycles. The van der Waals surface area contributed by atoms with Crippen LogP contribution in [0.2, 0.25) is 0 Å². The zero-order chi connectivity index (χ0) is 28.2. The van der Waals surface area contributed by atoms with E-state index in [0.717, 1.165) is 48.3 Å². The van der Waals surface area contributed by atoms with Gasteiger partial charge >= 0.3 is 0 Å². The molecule has 4 heteroatoms. The van der Waals surface area contributed by atoms with Gasteiger partial charge in [0.25, 0.3) is 0 Å². The second-order valence-electron chi connectivity index (χ2n) is 11.1. The summed E-state index contributed by atoms with van der Waals surface area (Å²) >= 11 is 3.40. The highest BCUT2D eigenvalue weighted by Crippen LogP contribution is 2.52. The number of allylic oxidation sites excluding steroid dienone is 3. The molecule has 0 saturated carbocycles. The minimum Gasteiger partial charge on any atom is -0.380 e. The van der Waals surface area contributed by atoms with Gasteiger partial charge in [0.2, 0.25) is 0 Å². The van der Waals surface area contributed by atoms with Crippen molar-refractivity contribution in [2.45, 2.75) is 57.5 Å². The lowest BCUT2D eigenvalue weighted by Crippen LogP contribution is -2.32. The van der Waals surface area contributed by atoms with Gasteiger partial charge in [0.1, 0.15) is 5.60 Å². The smallest absolute Gasteiger partial charge is 0.179 e. The van der Waals surface area contributed by atoms with Gasteiger partial charge in [-0.15, -0.1) is 0 Å². The molecule has 2 heterocycles. The molecule has 3 aliphatic rings. The number of benzene rings is 4. The SMILES string of the molecule is CC1=CC(C)=C(CC2(O)c3ccccc3Sc3ccccc32)CC1C#CC1(O)c2ccccc2Sc2ccccc21. The molecule has 2 N–H and O–H groups in total. The summed E-state index contributed by atoms with van der Waals surface area (Å²) in [4.78, 5) is 4.26. The van der Waals surface area contributed by atoms with E-state index >= 15 is 0 Å². The van der Waals surface area contributed by atoms with Crippen LogP contribution in [0.15, 0.2) is 139 Å². The van der Waals surface area contributed by atoms with Gasteiger partial charge in [-0.25, -0.2) is 0 Å². The number of hydrogen-bond donors (Lipinski definition) is 2. The normalized spacial score (nSPS) is 19.5. The molecule has 1 atom stereocenters. The largest absolute Gasteiger partial charge is 0.380 e. The van der Waals surface area contributed by atoms with Crippen molar-refractivity contribution >= 4 is 23.5 Å². The van der Waals surface area contributed by atoms with E-state index in [-0.39, 0.29) is 5.92 Å². The molecule has 0 fully saturated rings. The predicted octanol–water partition coefficient (Wildman–Crippen LogP) is 8.46. The Balaban J connectivity index is 1.26. The highest BCUT2D eigenvalue weighted by molar-refractivity contribution is 7.99. The third-order valence-corrected chi connectivity index (χ3v) is 10.9. The van der Waals surface area contributed by atoms with E-state index < -0.39 is 11.2 Å². The average Bonchev–Trinajstić information content (AvgIpc) is 2.98. The summed E-state index contributed by atoms with van der Waals surface area (Å²) in [5, 5.41) is 24.6. The molecular weight excluding hydrogens is 541 g/mol. The summed E-state index contributed by atoms with van der Waals surface area (Å²) in [5.41, 5.74) is 4.65. The van der Waals surface area contributed by atoms with Gasteiger partial charge in [0.05, 0.1) is 0 Å². The van der Waals surface area contributed by atoms with Gasteiger partial charge in [-0.3, -0.25) is 0 Å². The molecule has 7 rings (SSSR count). The summed E-state index contributed by atoms with van der Waals surface area (Å²) in [6.07, 6.45) is 3.43. The second kappa shape index (κ2) is 10.1. The molecule has 0 radical (unpaired) electrons. The Bertz CT molecular complexity index is 1730. The molecule has 2 nitrogen and oxygen atoms in total. The molecule has 202 valence electrons. The molecule has 4 aromatic rings. The zero-order valence-electron chi connectivity index (χ0n) is 23.0. The number of rotatable bonds is 2. The predicted molar refractivity (Wildman–Crippen MR) is 167 cm³/mol. The Hall–Kier alpha value is -3.46. The molecule has 0 spiro atoms. The van der Waals surface area contributed by atoms with Gasteiger partial charge in [-0.2, -0.15) is 0 Å². The van der Waals surface area contributed by atoms with Crippen molar-refractivity contribution in [3.63, 3.8) is 0 Å². The number of hydrogen-bond acceptors (Lipinski definition) is 4. The maximum atomic E-state index is 12.4. The van der Waals surface area contributed by atoms with Crippen LogP contribution in [-0.2, 0) is 11.2 Å². The highest BCUT2D eigenvalue weighted by atomic mass is 32.2. The molecule has 1 aliphatic carbocycles. The molecule has 1 unspecified atom stereocenters. The highest BCUT2D eigenvalue weighted by Gasteiger charge is 2.41. The van der Waals surface area contributed by atoms with Gasteiger partial charge in [0, 0.05) is 54.2 Å². The molecule has 4 aromatic carbocycles. The van der Waals surface area contributed by atoms with Crippen LogP contribution >= 0.6 is 23.5 Å². The Morgan fingerprint density at radius 3 is 1.63 bits per heavy atom. The Kier molecular flexibility index (Phi) is 6.52. The standard InChI is InChI=1S/C37H30O2S2/c1-24-21-25(2)27(23-37(39)30-13-5-9-17-34(30)41-35-18-10-6-14-31(35)37)22-26(24)19-20-36(38)28-11-3-7-15-32(28)40-33-16-8-4-12-29(33)36/h3-18,21,26,38-39H,22-23H2,1-2H3. The quantitative estimate of drug-likeness (QED) is 0.237. The van der Waals surface area contributed by atoms with Crippen LogP contribution < -0.4 is 0 Å². The van der Waals surface area contributed by atoms with E-state index in [1.54, 1.807) is 23.5 Å². The molecule has 0 aromatic heterocycles. The summed E-state index contributed by atoms with van der Waals surface area (Å²) in [7, 11) is 0. The van der Waals surface area contributed by atoms with Crippen molar-refractivity contribution < 1.29 is 10.2 Å². The van der Waals surface area contributed by atoms with Crippen LogP contribution in [0.4, 0.5) is 0 Å². The molecule has 0 saturated heterocycles. The summed E-state index contributed by atoms with van der Waals surface area (Å²) in [6, 6.07) is 32.4. The molecule has 0 amide bonds.